The summed E-state index contributed by atoms with van der Waals surface area (Å²) in [5.74, 6) is -0.346. The average molecular weight is 365 g/mol. The Morgan fingerprint density at radius 3 is 2.48 bits per heavy atom. The summed E-state index contributed by atoms with van der Waals surface area (Å²) in [6.07, 6.45) is 4.08. The number of carboxylic acids is 1. The Balaban J connectivity index is 1.79. The number of carbonyl (C=O) groups is 2. The molecule has 1 heterocycles. The second kappa shape index (κ2) is 8.03. The third kappa shape index (κ3) is 4.16. The minimum absolute atomic E-state index is 0.194. The zero-order valence-electron chi connectivity index (χ0n) is 15.5. The maximum absolute atomic E-state index is 11.6. The van der Waals surface area contributed by atoms with Crippen LogP contribution in [0.15, 0.2) is 48.2 Å². The number of hydrogen-bond donors (Lipinski definition) is 2. The highest BCUT2D eigenvalue weighted by Crippen LogP contribution is 2.26. The van der Waals surface area contributed by atoms with Gasteiger partial charge in [-0.2, -0.15) is 0 Å². The quantitative estimate of drug-likeness (QED) is 0.579. The number of rotatable bonds is 7. The molecule has 6 heteroatoms. The number of carboxylic acid groups (broad SMARTS) is 1. The summed E-state index contributed by atoms with van der Waals surface area (Å²) in [6, 6.07) is 12.3. The lowest BCUT2D eigenvalue weighted by molar-refractivity contribution is -0.132. The molecule has 0 bridgehead atoms. The van der Waals surface area contributed by atoms with Crippen LogP contribution in [0.3, 0.4) is 0 Å². The van der Waals surface area contributed by atoms with Gasteiger partial charge < -0.3 is 15.3 Å². The molecule has 0 amide bonds. The molecule has 140 valence electrons. The molecule has 6 nitrogen and oxygen atoms in total. The Kier molecular flexibility index (Phi) is 5.54. The normalized spacial score (nSPS) is 13.9. The van der Waals surface area contributed by atoms with Crippen LogP contribution in [0.1, 0.15) is 35.5 Å². The van der Waals surface area contributed by atoms with E-state index in [1.807, 2.05) is 25.1 Å². The first-order valence-electron chi connectivity index (χ1n) is 8.99. The molecule has 0 aliphatic heterocycles. The minimum atomic E-state index is -0.992. The van der Waals surface area contributed by atoms with Crippen molar-refractivity contribution in [2.75, 3.05) is 16.8 Å². The van der Waals surface area contributed by atoms with Crippen molar-refractivity contribution < 1.29 is 14.7 Å². The molecule has 1 aliphatic carbocycles. The van der Waals surface area contributed by atoms with Crippen LogP contribution >= 0.6 is 0 Å². The molecule has 3 rings (SSSR count). The number of anilines is 2. The molecule has 0 spiro atoms. The predicted octanol–water partition coefficient (Wildman–Crippen LogP) is 3.29. The summed E-state index contributed by atoms with van der Waals surface area (Å²) in [6.45, 7) is 3.94. The van der Waals surface area contributed by atoms with Crippen LogP contribution in [0.5, 0.6) is 0 Å². The van der Waals surface area contributed by atoms with Gasteiger partial charge in [0.1, 0.15) is 11.5 Å². The minimum Gasteiger partial charge on any atom is -0.478 e. The molecule has 0 fully saturated rings. The lowest BCUT2D eigenvalue weighted by Gasteiger charge is -2.21. The van der Waals surface area contributed by atoms with Gasteiger partial charge in [0.05, 0.1) is 11.3 Å². The summed E-state index contributed by atoms with van der Waals surface area (Å²) in [4.78, 5) is 28.8. The number of pyridine rings is 1. The fourth-order valence-corrected chi connectivity index (χ4v) is 3.37. The summed E-state index contributed by atoms with van der Waals surface area (Å²) in [5, 5.41) is 12.5. The number of fused-ring (bicyclic) bond motifs is 1. The number of benzene rings is 1. The van der Waals surface area contributed by atoms with Crippen LogP contribution in [0.2, 0.25) is 0 Å². The number of nitrogens with zero attached hydrogens (tertiary/aromatic N) is 2. The van der Waals surface area contributed by atoms with Crippen LogP contribution in [-0.4, -0.2) is 34.9 Å². The molecule has 0 unspecified atom stereocenters. The number of aromatic nitrogens is 1. The molecule has 2 N–H and O–H groups in total. The Morgan fingerprint density at radius 2 is 1.93 bits per heavy atom. The zero-order valence-corrected chi connectivity index (χ0v) is 15.5. The molecule has 1 aromatic carbocycles. The SMILES string of the molecule is CCN(/C=C(\C)C(=O)O)c1ccc(NC2Cc3ccccc3C2)nc1C=O. The Morgan fingerprint density at radius 1 is 1.26 bits per heavy atom. The Hall–Kier alpha value is -3.15. The smallest absolute Gasteiger partial charge is 0.332 e. The fraction of sp³-hybridized carbons (Fsp3) is 0.286. The van der Waals surface area contributed by atoms with E-state index < -0.39 is 5.97 Å². The van der Waals surface area contributed by atoms with Gasteiger partial charge in [-0.1, -0.05) is 24.3 Å². The van der Waals surface area contributed by atoms with Crippen molar-refractivity contribution in [1.29, 1.82) is 0 Å². The van der Waals surface area contributed by atoms with Crippen LogP contribution in [0.25, 0.3) is 0 Å². The first kappa shape index (κ1) is 18.6. The van der Waals surface area contributed by atoms with Crippen molar-refractivity contribution >= 4 is 23.8 Å². The van der Waals surface area contributed by atoms with Gasteiger partial charge >= 0.3 is 5.97 Å². The summed E-state index contributed by atoms with van der Waals surface area (Å²) in [5.41, 5.74) is 3.75. The fourth-order valence-electron chi connectivity index (χ4n) is 3.37. The molecule has 2 aromatic rings. The van der Waals surface area contributed by atoms with E-state index in [-0.39, 0.29) is 17.3 Å². The lowest BCUT2D eigenvalue weighted by Crippen LogP contribution is -2.22. The van der Waals surface area contributed by atoms with Crippen molar-refractivity contribution in [2.45, 2.75) is 32.7 Å². The highest BCUT2D eigenvalue weighted by Gasteiger charge is 2.21. The van der Waals surface area contributed by atoms with E-state index >= 15 is 0 Å². The van der Waals surface area contributed by atoms with Gasteiger partial charge in [0, 0.05) is 18.8 Å². The molecular formula is C21H23N3O3. The van der Waals surface area contributed by atoms with Crippen molar-refractivity contribution in [1.82, 2.24) is 4.98 Å². The Bertz CT molecular complexity index is 867. The maximum atomic E-state index is 11.6. The van der Waals surface area contributed by atoms with Crippen LogP contribution < -0.4 is 10.2 Å². The van der Waals surface area contributed by atoms with Crippen molar-refractivity contribution in [3.8, 4) is 0 Å². The van der Waals surface area contributed by atoms with E-state index in [4.69, 9.17) is 5.11 Å². The van der Waals surface area contributed by atoms with Crippen LogP contribution in [0.4, 0.5) is 11.5 Å². The van der Waals surface area contributed by atoms with Gasteiger partial charge in [-0.05, 0) is 49.9 Å². The van der Waals surface area contributed by atoms with Gasteiger partial charge in [0.2, 0.25) is 0 Å². The molecule has 0 saturated carbocycles. The topological polar surface area (TPSA) is 82.5 Å². The highest BCUT2D eigenvalue weighted by molar-refractivity contribution is 5.88. The van der Waals surface area contributed by atoms with E-state index in [0.717, 1.165) is 12.8 Å². The standard InChI is InChI=1S/C21H23N3O3/c1-3-24(12-14(2)21(26)27)19-8-9-20(23-18(19)13-25)22-17-10-15-6-4-5-7-16(15)11-17/h4-9,12-13,17H,3,10-11H2,1-2H3,(H,22,23)(H,26,27)/b14-12+. The highest BCUT2D eigenvalue weighted by atomic mass is 16.4. The number of aldehydes is 1. The molecule has 1 aliphatic rings. The van der Waals surface area contributed by atoms with E-state index in [2.05, 4.69) is 22.4 Å². The van der Waals surface area contributed by atoms with Crippen molar-refractivity contribution in [2.24, 2.45) is 0 Å². The maximum Gasteiger partial charge on any atom is 0.332 e. The van der Waals surface area contributed by atoms with E-state index in [1.54, 1.807) is 11.0 Å². The third-order valence-electron chi connectivity index (χ3n) is 4.75. The number of nitrogens with one attached hydrogen (secondary N) is 1. The number of aliphatic carboxylic acids is 1. The molecule has 0 atom stereocenters. The molecule has 27 heavy (non-hydrogen) atoms. The molecular weight excluding hydrogens is 342 g/mol. The second-order valence-electron chi connectivity index (χ2n) is 6.64. The monoisotopic (exact) mass is 365 g/mol. The third-order valence-corrected chi connectivity index (χ3v) is 4.75. The van der Waals surface area contributed by atoms with Crippen molar-refractivity contribution in [3.63, 3.8) is 0 Å². The van der Waals surface area contributed by atoms with Crippen LogP contribution in [-0.2, 0) is 17.6 Å². The van der Waals surface area contributed by atoms with Crippen LogP contribution in [0, 0.1) is 0 Å². The molecule has 0 radical (unpaired) electrons. The second-order valence-corrected chi connectivity index (χ2v) is 6.64. The summed E-state index contributed by atoms with van der Waals surface area (Å²) < 4.78 is 0. The lowest BCUT2D eigenvalue weighted by atomic mass is 10.1. The average Bonchev–Trinajstić information content (AvgIpc) is 3.08. The molecule has 0 saturated heterocycles. The molecule has 1 aromatic heterocycles. The summed E-state index contributed by atoms with van der Waals surface area (Å²) >= 11 is 0. The number of hydrogen-bond acceptors (Lipinski definition) is 5. The zero-order chi connectivity index (χ0) is 19.4. The van der Waals surface area contributed by atoms with E-state index in [9.17, 15) is 9.59 Å². The van der Waals surface area contributed by atoms with Gasteiger partial charge in [-0.15, -0.1) is 0 Å². The van der Waals surface area contributed by atoms with Gasteiger partial charge in [0.25, 0.3) is 0 Å². The van der Waals surface area contributed by atoms with Crippen molar-refractivity contribution in [3.05, 3.63) is 65.0 Å². The first-order valence-corrected chi connectivity index (χ1v) is 8.99. The summed E-state index contributed by atoms with van der Waals surface area (Å²) in [7, 11) is 0. The van der Waals surface area contributed by atoms with Gasteiger partial charge in [-0.25, -0.2) is 9.78 Å². The van der Waals surface area contributed by atoms with Gasteiger partial charge in [-0.3, -0.25) is 4.79 Å². The van der Waals surface area contributed by atoms with Gasteiger partial charge in [0.15, 0.2) is 6.29 Å². The van der Waals surface area contributed by atoms with E-state index in [0.29, 0.717) is 24.3 Å². The first-order chi connectivity index (χ1) is 13.0. The number of carbonyl (C=O) groups excluding carboxylic acids is 1. The van der Waals surface area contributed by atoms with E-state index in [1.165, 1.54) is 24.3 Å². The Labute approximate surface area is 158 Å². The predicted molar refractivity (Wildman–Crippen MR) is 105 cm³/mol. The largest absolute Gasteiger partial charge is 0.478 e.